The molecule has 3 heteroatoms. The number of rotatable bonds is 9. The predicted molar refractivity (Wildman–Crippen MR) is 106 cm³/mol. The zero-order valence-electron chi connectivity index (χ0n) is 16.3. The molecule has 2 aromatic rings. The number of hydrogen-bond acceptors (Lipinski definition) is 2. The van der Waals surface area contributed by atoms with Gasteiger partial charge in [0.1, 0.15) is 17.4 Å². The van der Waals surface area contributed by atoms with Crippen molar-refractivity contribution in [2.24, 2.45) is 0 Å². The summed E-state index contributed by atoms with van der Waals surface area (Å²) in [5.41, 5.74) is 2.08. The van der Waals surface area contributed by atoms with E-state index in [1.54, 1.807) is 6.07 Å². The molecule has 0 radical (unpaired) electrons. The third-order valence-corrected chi connectivity index (χ3v) is 4.94. The second-order valence-corrected chi connectivity index (χ2v) is 7.50. The second kappa shape index (κ2) is 8.88. The molecule has 1 N–H and O–H groups in total. The standard InChI is InChI=1S/C23H30O3/c1-5-6-10-16-23(3,4)20-15-11-14-19(22(24)25)21(20)26-17(2)18-12-8-7-9-13-18/h7-9,11-15,17H,5-6,10,16H2,1-4H3,(H,24,25). The Kier molecular flexibility index (Phi) is 6.84. The fourth-order valence-corrected chi connectivity index (χ4v) is 3.29. The normalized spacial score (nSPS) is 12.6. The lowest BCUT2D eigenvalue weighted by atomic mass is 9.78. The topological polar surface area (TPSA) is 46.5 Å². The molecule has 0 fully saturated rings. The van der Waals surface area contributed by atoms with Crippen LogP contribution in [-0.2, 0) is 5.41 Å². The van der Waals surface area contributed by atoms with E-state index in [9.17, 15) is 9.90 Å². The maximum Gasteiger partial charge on any atom is 0.339 e. The van der Waals surface area contributed by atoms with Gasteiger partial charge in [-0.3, -0.25) is 0 Å². The summed E-state index contributed by atoms with van der Waals surface area (Å²) >= 11 is 0. The van der Waals surface area contributed by atoms with Crippen LogP contribution in [0.4, 0.5) is 0 Å². The zero-order chi connectivity index (χ0) is 19.2. The van der Waals surface area contributed by atoms with Gasteiger partial charge in [0.2, 0.25) is 0 Å². The number of para-hydroxylation sites is 1. The van der Waals surface area contributed by atoms with Crippen molar-refractivity contribution in [3.8, 4) is 5.75 Å². The first kappa shape index (κ1) is 20.0. The van der Waals surface area contributed by atoms with Crippen LogP contribution in [0.5, 0.6) is 5.75 Å². The Bertz CT molecular complexity index is 719. The highest BCUT2D eigenvalue weighted by atomic mass is 16.5. The summed E-state index contributed by atoms with van der Waals surface area (Å²) in [4.78, 5) is 11.8. The van der Waals surface area contributed by atoms with E-state index < -0.39 is 5.97 Å². The maximum absolute atomic E-state index is 11.8. The average Bonchev–Trinajstić information content (AvgIpc) is 2.62. The van der Waals surface area contributed by atoms with E-state index in [1.807, 2.05) is 49.4 Å². The Morgan fingerprint density at radius 3 is 2.38 bits per heavy atom. The molecule has 1 atom stereocenters. The van der Waals surface area contributed by atoms with Crippen LogP contribution in [0.25, 0.3) is 0 Å². The van der Waals surface area contributed by atoms with Crippen molar-refractivity contribution in [1.29, 1.82) is 0 Å². The van der Waals surface area contributed by atoms with E-state index in [1.165, 1.54) is 12.8 Å². The highest BCUT2D eigenvalue weighted by Crippen LogP contribution is 2.39. The Labute approximate surface area is 157 Å². The molecule has 1 unspecified atom stereocenters. The Morgan fingerprint density at radius 1 is 1.08 bits per heavy atom. The molecular weight excluding hydrogens is 324 g/mol. The van der Waals surface area contributed by atoms with Crippen LogP contribution in [0.2, 0.25) is 0 Å². The molecule has 0 spiro atoms. The molecule has 0 aliphatic carbocycles. The van der Waals surface area contributed by atoms with E-state index >= 15 is 0 Å². The summed E-state index contributed by atoms with van der Waals surface area (Å²) in [6.45, 7) is 8.49. The zero-order valence-corrected chi connectivity index (χ0v) is 16.3. The number of hydrogen-bond donors (Lipinski definition) is 1. The Hall–Kier alpha value is -2.29. The third kappa shape index (κ3) is 4.87. The lowest BCUT2D eigenvalue weighted by molar-refractivity contribution is 0.0689. The molecule has 0 amide bonds. The SMILES string of the molecule is CCCCCC(C)(C)c1cccc(C(=O)O)c1OC(C)c1ccccc1. The molecule has 0 aliphatic heterocycles. The van der Waals surface area contributed by atoms with Crippen molar-refractivity contribution >= 4 is 5.97 Å². The van der Waals surface area contributed by atoms with Crippen molar-refractivity contribution in [3.05, 3.63) is 65.2 Å². The van der Waals surface area contributed by atoms with E-state index in [0.29, 0.717) is 5.75 Å². The fourth-order valence-electron chi connectivity index (χ4n) is 3.29. The molecule has 0 aliphatic rings. The van der Waals surface area contributed by atoms with Gasteiger partial charge < -0.3 is 9.84 Å². The summed E-state index contributed by atoms with van der Waals surface area (Å²) in [5, 5.41) is 9.67. The monoisotopic (exact) mass is 354 g/mol. The number of aromatic carboxylic acids is 1. The molecule has 0 saturated heterocycles. The average molecular weight is 354 g/mol. The Morgan fingerprint density at radius 2 is 1.77 bits per heavy atom. The minimum Gasteiger partial charge on any atom is -0.485 e. The first-order valence-electron chi connectivity index (χ1n) is 9.45. The minimum atomic E-state index is -0.952. The van der Waals surface area contributed by atoms with Crippen LogP contribution >= 0.6 is 0 Å². The number of carbonyl (C=O) groups is 1. The highest BCUT2D eigenvalue weighted by molar-refractivity contribution is 5.91. The maximum atomic E-state index is 11.8. The smallest absolute Gasteiger partial charge is 0.339 e. The predicted octanol–water partition coefficient (Wildman–Crippen LogP) is 6.38. The second-order valence-electron chi connectivity index (χ2n) is 7.50. The van der Waals surface area contributed by atoms with Crippen LogP contribution in [-0.4, -0.2) is 11.1 Å². The van der Waals surface area contributed by atoms with Gasteiger partial charge in [0.25, 0.3) is 0 Å². The summed E-state index contributed by atoms with van der Waals surface area (Å²) < 4.78 is 6.24. The lowest BCUT2D eigenvalue weighted by Crippen LogP contribution is -2.21. The number of benzene rings is 2. The molecule has 0 aromatic heterocycles. The van der Waals surface area contributed by atoms with Crippen molar-refractivity contribution in [3.63, 3.8) is 0 Å². The van der Waals surface area contributed by atoms with Crippen LogP contribution < -0.4 is 4.74 Å². The van der Waals surface area contributed by atoms with Crippen molar-refractivity contribution < 1.29 is 14.6 Å². The lowest BCUT2D eigenvalue weighted by Gasteiger charge is -2.30. The number of carboxylic acids is 1. The summed E-state index contributed by atoms with van der Waals surface area (Å²) in [6.07, 6.45) is 4.24. The molecule has 2 rings (SSSR count). The minimum absolute atomic E-state index is 0.146. The number of unbranched alkanes of at least 4 members (excludes halogenated alkanes) is 2. The highest BCUT2D eigenvalue weighted by Gasteiger charge is 2.28. The van der Waals surface area contributed by atoms with Gasteiger partial charge in [0.15, 0.2) is 0 Å². The summed E-state index contributed by atoms with van der Waals surface area (Å²) in [7, 11) is 0. The molecular formula is C23H30O3. The number of carboxylic acid groups (broad SMARTS) is 1. The van der Waals surface area contributed by atoms with E-state index in [0.717, 1.165) is 24.0 Å². The van der Waals surface area contributed by atoms with Gasteiger partial charge in [-0.15, -0.1) is 0 Å². The molecule has 2 aromatic carbocycles. The molecule has 0 bridgehead atoms. The molecule has 3 nitrogen and oxygen atoms in total. The van der Waals surface area contributed by atoms with E-state index in [2.05, 4.69) is 20.8 Å². The van der Waals surface area contributed by atoms with Crippen LogP contribution in [0.1, 0.15) is 81.0 Å². The first-order valence-corrected chi connectivity index (χ1v) is 9.45. The quantitative estimate of drug-likeness (QED) is 0.531. The van der Waals surface area contributed by atoms with Gasteiger partial charge >= 0.3 is 5.97 Å². The van der Waals surface area contributed by atoms with Crippen LogP contribution in [0.15, 0.2) is 48.5 Å². The van der Waals surface area contributed by atoms with Gasteiger partial charge in [-0.25, -0.2) is 4.79 Å². The molecule has 0 saturated carbocycles. The summed E-state index contributed by atoms with van der Waals surface area (Å²) in [5.74, 6) is -0.454. The van der Waals surface area contributed by atoms with Gasteiger partial charge in [-0.05, 0) is 30.4 Å². The summed E-state index contributed by atoms with van der Waals surface area (Å²) in [6, 6.07) is 15.3. The van der Waals surface area contributed by atoms with E-state index in [-0.39, 0.29) is 17.1 Å². The number of ether oxygens (including phenoxy) is 1. The molecule has 0 heterocycles. The fraction of sp³-hybridized carbons (Fsp3) is 0.435. The van der Waals surface area contributed by atoms with Gasteiger partial charge in [0.05, 0.1) is 0 Å². The van der Waals surface area contributed by atoms with Gasteiger partial charge in [-0.1, -0.05) is 82.5 Å². The van der Waals surface area contributed by atoms with Crippen molar-refractivity contribution in [2.45, 2.75) is 64.9 Å². The van der Waals surface area contributed by atoms with Gasteiger partial charge in [-0.2, -0.15) is 0 Å². The van der Waals surface area contributed by atoms with Crippen molar-refractivity contribution in [2.75, 3.05) is 0 Å². The van der Waals surface area contributed by atoms with Crippen molar-refractivity contribution in [1.82, 2.24) is 0 Å². The van der Waals surface area contributed by atoms with Crippen LogP contribution in [0, 0.1) is 0 Å². The Balaban J connectivity index is 2.40. The largest absolute Gasteiger partial charge is 0.485 e. The first-order chi connectivity index (χ1) is 12.4. The third-order valence-electron chi connectivity index (χ3n) is 4.94. The van der Waals surface area contributed by atoms with Crippen LogP contribution in [0.3, 0.4) is 0 Å². The van der Waals surface area contributed by atoms with E-state index in [4.69, 9.17) is 4.74 Å². The molecule has 26 heavy (non-hydrogen) atoms. The molecule has 140 valence electrons. The van der Waals surface area contributed by atoms with Gasteiger partial charge in [0, 0.05) is 5.56 Å².